The number of aliphatic hydroxyl groups is 1. The Morgan fingerprint density at radius 1 is 1.16 bits per heavy atom. The quantitative estimate of drug-likeness (QED) is 0.653. The fourth-order valence-corrected chi connectivity index (χ4v) is 2.98. The van der Waals surface area contributed by atoms with Crippen LogP contribution in [0.3, 0.4) is 0 Å². The minimum atomic E-state index is -1.02. The number of methoxy groups -OCH3 is 2. The van der Waals surface area contributed by atoms with Gasteiger partial charge in [-0.05, 0) is 39.0 Å². The van der Waals surface area contributed by atoms with Crippen molar-refractivity contribution in [2.45, 2.75) is 20.8 Å². The van der Waals surface area contributed by atoms with E-state index in [1.807, 2.05) is 12.1 Å². The standard InChI is InChI=1S/C20H22O5/c1-12-17(22)16(18(23)20(2,3)19(12)25-5)14(21)11-10-13-8-6-7-9-15(13)24-4/h6-11,22H,1-5H3/b11-10+. The fourth-order valence-electron chi connectivity index (χ4n) is 2.98. The van der Waals surface area contributed by atoms with Crippen LogP contribution in [-0.2, 0) is 14.3 Å². The largest absolute Gasteiger partial charge is 0.507 e. The normalized spacial score (nSPS) is 17.2. The highest BCUT2D eigenvalue weighted by atomic mass is 16.5. The van der Waals surface area contributed by atoms with Crippen LogP contribution in [0.5, 0.6) is 5.75 Å². The van der Waals surface area contributed by atoms with Crippen LogP contribution >= 0.6 is 0 Å². The van der Waals surface area contributed by atoms with Crippen LogP contribution in [0.15, 0.2) is 53.0 Å². The topological polar surface area (TPSA) is 72.8 Å². The zero-order valence-electron chi connectivity index (χ0n) is 15.0. The van der Waals surface area contributed by atoms with E-state index in [1.165, 1.54) is 20.3 Å². The maximum Gasteiger partial charge on any atom is 0.193 e. The second-order valence-corrected chi connectivity index (χ2v) is 6.28. The highest BCUT2D eigenvalue weighted by molar-refractivity contribution is 6.28. The maximum atomic E-state index is 12.7. The van der Waals surface area contributed by atoms with Gasteiger partial charge in [-0.25, -0.2) is 0 Å². The lowest BCUT2D eigenvalue weighted by Crippen LogP contribution is -2.36. The lowest BCUT2D eigenvalue weighted by atomic mass is 9.74. The number of allylic oxidation sites excluding steroid dienone is 4. The maximum absolute atomic E-state index is 12.7. The highest BCUT2D eigenvalue weighted by Gasteiger charge is 2.44. The van der Waals surface area contributed by atoms with Crippen LogP contribution in [-0.4, -0.2) is 30.9 Å². The van der Waals surface area contributed by atoms with Gasteiger partial charge in [-0.3, -0.25) is 9.59 Å². The number of carbonyl (C=O) groups excluding carboxylic acids is 2. The molecular weight excluding hydrogens is 320 g/mol. The van der Waals surface area contributed by atoms with Gasteiger partial charge in [0.15, 0.2) is 11.6 Å². The molecule has 0 radical (unpaired) electrons. The van der Waals surface area contributed by atoms with Gasteiger partial charge in [0, 0.05) is 11.1 Å². The average molecular weight is 342 g/mol. The number of benzene rings is 1. The number of ketones is 2. The third kappa shape index (κ3) is 3.22. The summed E-state index contributed by atoms with van der Waals surface area (Å²) in [6.45, 7) is 4.96. The first-order chi connectivity index (χ1) is 11.8. The first-order valence-corrected chi connectivity index (χ1v) is 7.84. The molecule has 0 atom stereocenters. The number of para-hydroxylation sites is 1. The molecule has 1 N–H and O–H groups in total. The summed E-state index contributed by atoms with van der Waals surface area (Å²) < 4.78 is 10.5. The minimum absolute atomic E-state index is 0.227. The van der Waals surface area contributed by atoms with E-state index in [-0.39, 0.29) is 11.3 Å². The molecule has 0 fully saturated rings. The van der Waals surface area contributed by atoms with Crippen LogP contribution < -0.4 is 4.74 Å². The van der Waals surface area contributed by atoms with E-state index in [9.17, 15) is 14.7 Å². The van der Waals surface area contributed by atoms with Gasteiger partial charge in [0.1, 0.15) is 22.8 Å². The molecule has 0 unspecified atom stereocenters. The monoisotopic (exact) mass is 342 g/mol. The average Bonchev–Trinajstić information content (AvgIpc) is 2.59. The number of carbonyl (C=O) groups is 2. The number of hydrogen-bond donors (Lipinski definition) is 1. The summed E-state index contributed by atoms with van der Waals surface area (Å²) in [6.07, 6.45) is 2.83. The highest BCUT2D eigenvalue weighted by Crippen LogP contribution is 2.40. The van der Waals surface area contributed by atoms with Crippen LogP contribution in [0.25, 0.3) is 6.08 Å². The van der Waals surface area contributed by atoms with E-state index in [4.69, 9.17) is 9.47 Å². The second-order valence-electron chi connectivity index (χ2n) is 6.28. The Bertz CT molecular complexity index is 809. The number of aliphatic hydroxyl groups excluding tert-OH is 1. The SMILES string of the molecule is COC1=C(C)C(O)=C(C(=O)/C=C/c2ccccc2OC)C(=O)C1(C)C. The zero-order valence-corrected chi connectivity index (χ0v) is 15.0. The molecule has 0 saturated carbocycles. The van der Waals surface area contributed by atoms with Crippen LogP contribution in [0.4, 0.5) is 0 Å². The van der Waals surface area contributed by atoms with Crippen LogP contribution in [0.1, 0.15) is 26.3 Å². The molecule has 132 valence electrons. The Morgan fingerprint density at radius 2 is 1.80 bits per heavy atom. The smallest absolute Gasteiger partial charge is 0.193 e. The van der Waals surface area contributed by atoms with Crippen molar-refractivity contribution in [3.8, 4) is 5.75 Å². The van der Waals surface area contributed by atoms with E-state index in [0.29, 0.717) is 22.6 Å². The van der Waals surface area contributed by atoms with E-state index in [0.717, 1.165) is 0 Å². The summed E-state index contributed by atoms with van der Waals surface area (Å²) in [6, 6.07) is 7.20. The molecule has 5 nitrogen and oxygen atoms in total. The molecule has 5 heteroatoms. The molecule has 0 amide bonds. The van der Waals surface area contributed by atoms with Gasteiger partial charge in [0.25, 0.3) is 0 Å². The molecule has 1 aromatic carbocycles. The summed E-state index contributed by atoms with van der Waals surface area (Å²) in [4.78, 5) is 25.3. The molecule has 0 saturated heterocycles. The number of Topliss-reactive ketones (excluding diaryl/α,β-unsaturated/α-hetero) is 1. The summed E-state index contributed by atoms with van der Waals surface area (Å²) >= 11 is 0. The first kappa shape index (κ1) is 18.5. The van der Waals surface area contributed by atoms with Crippen molar-refractivity contribution in [2.75, 3.05) is 14.2 Å². The van der Waals surface area contributed by atoms with Gasteiger partial charge in [-0.15, -0.1) is 0 Å². The molecule has 2 rings (SSSR count). The molecule has 1 aliphatic carbocycles. The van der Waals surface area contributed by atoms with E-state index < -0.39 is 17.0 Å². The van der Waals surface area contributed by atoms with Gasteiger partial charge in [0.2, 0.25) is 0 Å². The molecular formula is C20H22O5. The summed E-state index contributed by atoms with van der Waals surface area (Å²) in [5, 5.41) is 10.4. The predicted molar refractivity (Wildman–Crippen MR) is 95.2 cm³/mol. The van der Waals surface area contributed by atoms with Crippen molar-refractivity contribution in [2.24, 2.45) is 5.41 Å². The van der Waals surface area contributed by atoms with Crippen LogP contribution in [0.2, 0.25) is 0 Å². The Balaban J connectivity index is 2.45. The summed E-state index contributed by atoms with van der Waals surface area (Å²) in [7, 11) is 2.98. The van der Waals surface area contributed by atoms with Crippen molar-refractivity contribution in [1.29, 1.82) is 0 Å². The van der Waals surface area contributed by atoms with Crippen molar-refractivity contribution >= 4 is 17.6 Å². The molecule has 0 aromatic heterocycles. The van der Waals surface area contributed by atoms with Crippen molar-refractivity contribution in [1.82, 2.24) is 0 Å². The third-order valence-electron chi connectivity index (χ3n) is 4.30. The Labute approximate surface area is 147 Å². The Hall–Kier alpha value is -2.82. The molecule has 1 aromatic rings. The lowest BCUT2D eigenvalue weighted by Gasteiger charge is -2.31. The van der Waals surface area contributed by atoms with Crippen molar-refractivity contribution < 1.29 is 24.2 Å². The van der Waals surface area contributed by atoms with Crippen molar-refractivity contribution in [3.63, 3.8) is 0 Å². The number of ether oxygens (including phenoxy) is 2. The van der Waals surface area contributed by atoms with Gasteiger partial charge in [-0.1, -0.05) is 18.2 Å². The first-order valence-electron chi connectivity index (χ1n) is 7.84. The summed E-state index contributed by atoms with van der Waals surface area (Å²) in [5.74, 6) is -0.396. The van der Waals surface area contributed by atoms with E-state index >= 15 is 0 Å². The molecule has 0 heterocycles. The third-order valence-corrected chi connectivity index (χ3v) is 4.30. The Morgan fingerprint density at radius 3 is 2.40 bits per heavy atom. The minimum Gasteiger partial charge on any atom is -0.507 e. The predicted octanol–water partition coefficient (Wildman–Crippen LogP) is 3.62. The van der Waals surface area contributed by atoms with Crippen molar-refractivity contribution in [3.05, 3.63) is 58.6 Å². The molecule has 0 spiro atoms. The second kappa shape index (κ2) is 6.97. The molecule has 0 bridgehead atoms. The Kier molecular flexibility index (Phi) is 5.16. The zero-order chi connectivity index (χ0) is 18.8. The molecule has 25 heavy (non-hydrogen) atoms. The number of rotatable bonds is 5. The van der Waals surface area contributed by atoms with E-state index in [1.54, 1.807) is 39.0 Å². The fraction of sp³-hybridized carbons (Fsp3) is 0.300. The van der Waals surface area contributed by atoms with Gasteiger partial charge in [0.05, 0.1) is 19.6 Å². The van der Waals surface area contributed by atoms with Gasteiger partial charge >= 0.3 is 0 Å². The number of hydrogen-bond acceptors (Lipinski definition) is 5. The van der Waals surface area contributed by atoms with E-state index in [2.05, 4.69) is 0 Å². The summed E-state index contributed by atoms with van der Waals surface area (Å²) in [5.41, 5.74) is -0.157. The lowest BCUT2D eigenvalue weighted by molar-refractivity contribution is -0.126. The molecule has 1 aliphatic rings. The molecule has 0 aliphatic heterocycles. The van der Waals surface area contributed by atoms with Crippen LogP contribution in [0, 0.1) is 5.41 Å². The van der Waals surface area contributed by atoms with Gasteiger partial charge < -0.3 is 14.6 Å². The van der Waals surface area contributed by atoms with Gasteiger partial charge in [-0.2, -0.15) is 0 Å².